The highest BCUT2D eigenvalue weighted by Crippen LogP contribution is 2.30. The second-order valence-electron chi connectivity index (χ2n) is 4.60. The van der Waals surface area contributed by atoms with Crippen molar-refractivity contribution in [1.29, 1.82) is 0 Å². The van der Waals surface area contributed by atoms with Crippen LogP contribution in [0.25, 0.3) is 0 Å². The molecule has 0 aliphatic rings. The van der Waals surface area contributed by atoms with Crippen molar-refractivity contribution in [3.05, 3.63) is 46.4 Å². The third-order valence-corrected chi connectivity index (χ3v) is 3.77. The van der Waals surface area contributed by atoms with Crippen molar-refractivity contribution in [3.8, 4) is 17.2 Å². The molecule has 0 spiro atoms. The molecule has 1 amide bonds. The molecule has 0 heterocycles. The second-order valence-corrected chi connectivity index (χ2v) is 5.45. The van der Waals surface area contributed by atoms with E-state index in [1.807, 2.05) is 6.92 Å². The molecule has 2 rings (SSSR count). The maximum absolute atomic E-state index is 12.4. The molecule has 0 radical (unpaired) electrons. The Hall–Kier alpha value is -2.21. The van der Waals surface area contributed by atoms with Crippen molar-refractivity contribution in [2.24, 2.45) is 0 Å². The molecule has 0 fully saturated rings. The Morgan fingerprint density at radius 3 is 2.43 bits per heavy atom. The van der Waals surface area contributed by atoms with E-state index in [1.54, 1.807) is 50.6 Å². The van der Waals surface area contributed by atoms with Crippen molar-refractivity contribution in [2.45, 2.75) is 6.92 Å². The number of amides is 1. The maximum atomic E-state index is 12.4. The summed E-state index contributed by atoms with van der Waals surface area (Å²) in [5.74, 6) is 1.64. The summed E-state index contributed by atoms with van der Waals surface area (Å²) in [4.78, 5) is 12.4. The average molecular weight is 380 g/mol. The second kappa shape index (κ2) is 7.87. The van der Waals surface area contributed by atoms with Crippen molar-refractivity contribution in [2.75, 3.05) is 26.1 Å². The van der Waals surface area contributed by atoms with E-state index in [0.29, 0.717) is 35.1 Å². The molecule has 2 aromatic carbocycles. The molecule has 0 unspecified atom stereocenters. The number of anilines is 1. The molecule has 0 aliphatic carbocycles. The van der Waals surface area contributed by atoms with Gasteiger partial charge < -0.3 is 19.5 Å². The number of benzene rings is 2. The van der Waals surface area contributed by atoms with Crippen LogP contribution in [-0.4, -0.2) is 26.7 Å². The highest BCUT2D eigenvalue weighted by atomic mass is 79.9. The van der Waals surface area contributed by atoms with Gasteiger partial charge in [0.2, 0.25) is 0 Å². The van der Waals surface area contributed by atoms with Gasteiger partial charge in [0.05, 0.1) is 31.0 Å². The molecule has 122 valence electrons. The predicted molar refractivity (Wildman–Crippen MR) is 92.8 cm³/mol. The molecule has 5 nitrogen and oxygen atoms in total. The van der Waals surface area contributed by atoms with Gasteiger partial charge >= 0.3 is 0 Å². The van der Waals surface area contributed by atoms with Crippen LogP contribution in [0.15, 0.2) is 40.9 Å². The Morgan fingerprint density at radius 1 is 1.09 bits per heavy atom. The van der Waals surface area contributed by atoms with Gasteiger partial charge in [-0.3, -0.25) is 4.79 Å². The first-order valence-corrected chi connectivity index (χ1v) is 7.84. The van der Waals surface area contributed by atoms with Gasteiger partial charge in [0.1, 0.15) is 17.2 Å². The summed E-state index contributed by atoms with van der Waals surface area (Å²) in [5.41, 5.74) is 1.05. The SMILES string of the molecule is CCOc1ccc(C(=O)Nc2cc(OC)ccc2OC)cc1Br. The lowest BCUT2D eigenvalue weighted by molar-refractivity contribution is 0.102. The molecule has 0 saturated carbocycles. The summed E-state index contributed by atoms with van der Waals surface area (Å²) in [6.45, 7) is 2.47. The van der Waals surface area contributed by atoms with Gasteiger partial charge in [-0.05, 0) is 53.2 Å². The fourth-order valence-electron chi connectivity index (χ4n) is 2.02. The number of carbonyl (C=O) groups is 1. The lowest BCUT2D eigenvalue weighted by atomic mass is 10.2. The first-order valence-electron chi connectivity index (χ1n) is 7.04. The van der Waals surface area contributed by atoms with Gasteiger partial charge in [0.15, 0.2) is 0 Å². The van der Waals surface area contributed by atoms with E-state index in [0.717, 1.165) is 4.47 Å². The van der Waals surface area contributed by atoms with E-state index in [1.165, 1.54) is 0 Å². The molecule has 6 heteroatoms. The number of rotatable bonds is 6. The minimum atomic E-state index is -0.250. The molecule has 0 aromatic heterocycles. The van der Waals surface area contributed by atoms with Crippen LogP contribution in [-0.2, 0) is 0 Å². The standard InChI is InChI=1S/C17H18BrNO4/c1-4-23-15-7-5-11(9-13(15)18)17(20)19-14-10-12(21-2)6-8-16(14)22-3/h5-10H,4H2,1-3H3,(H,19,20). The number of ether oxygens (including phenoxy) is 3. The van der Waals surface area contributed by atoms with Crippen LogP contribution in [0.1, 0.15) is 17.3 Å². The summed E-state index contributed by atoms with van der Waals surface area (Å²) < 4.78 is 16.6. The zero-order valence-corrected chi connectivity index (χ0v) is 14.8. The Labute approximate surface area is 143 Å². The first kappa shape index (κ1) is 17.1. The van der Waals surface area contributed by atoms with Crippen molar-refractivity contribution >= 4 is 27.5 Å². The van der Waals surface area contributed by atoms with Gasteiger partial charge in [-0.15, -0.1) is 0 Å². The van der Waals surface area contributed by atoms with Crippen LogP contribution >= 0.6 is 15.9 Å². The van der Waals surface area contributed by atoms with Crippen LogP contribution in [0.3, 0.4) is 0 Å². The number of halogens is 1. The highest BCUT2D eigenvalue weighted by Gasteiger charge is 2.13. The summed E-state index contributed by atoms with van der Waals surface area (Å²) in [5, 5.41) is 2.83. The zero-order valence-electron chi connectivity index (χ0n) is 13.2. The minimum Gasteiger partial charge on any atom is -0.497 e. The van der Waals surface area contributed by atoms with Gasteiger partial charge in [-0.25, -0.2) is 0 Å². The highest BCUT2D eigenvalue weighted by molar-refractivity contribution is 9.10. The number of carbonyl (C=O) groups excluding carboxylic acids is 1. The van der Waals surface area contributed by atoms with Crippen LogP contribution < -0.4 is 19.5 Å². The Morgan fingerprint density at radius 2 is 1.83 bits per heavy atom. The fourth-order valence-corrected chi connectivity index (χ4v) is 2.51. The van der Waals surface area contributed by atoms with Crippen LogP contribution in [0, 0.1) is 0 Å². The molecule has 0 bridgehead atoms. The Balaban J connectivity index is 2.23. The average Bonchev–Trinajstić information content (AvgIpc) is 2.56. The molecule has 1 N–H and O–H groups in total. The molecular weight excluding hydrogens is 362 g/mol. The molecule has 0 atom stereocenters. The third kappa shape index (κ3) is 4.16. The maximum Gasteiger partial charge on any atom is 0.255 e. The van der Waals surface area contributed by atoms with E-state index in [2.05, 4.69) is 21.2 Å². The van der Waals surface area contributed by atoms with Gasteiger partial charge in [0, 0.05) is 11.6 Å². The summed E-state index contributed by atoms with van der Waals surface area (Å²) in [7, 11) is 3.11. The lowest BCUT2D eigenvalue weighted by Crippen LogP contribution is -2.13. The number of nitrogens with one attached hydrogen (secondary N) is 1. The smallest absolute Gasteiger partial charge is 0.255 e. The van der Waals surface area contributed by atoms with Crippen LogP contribution in [0.4, 0.5) is 5.69 Å². The first-order chi connectivity index (χ1) is 11.1. The number of methoxy groups -OCH3 is 2. The van der Waals surface area contributed by atoms with Gasteiger partial charge in [-0.2, -0.15) is 0 Å². The molecular formula is C17H18BrNO4. The normalized spacial score (nSPS) is 10.1. The van der Waals surface area contributed by atoms with Crippen molar-refractivity contribution in [3.63, 3.8) is 0 Å². The topological polar surface area (TPSA) is 56.8 Å². The zero-order chi connectivity index (χ0) is 16.8. The monoisotopic (exact) mass is 379 g/mol. The largest absolute Gasteiger partial charge is 0.497 e. The van der Waals surface area contributed by atoms with Crippen LogP contribution in [0.5, 0.6) is 17.2 Å². The van der Waals surface area contributed by atoms with Gasteiger partial charge in [0.25, 0.3) is 5.91 Å². The minimum absolute atomic E-state index is 0.250. The van der Waals surface area contributed by atoms with Crippen LogP contribution in [0.2, 0.25) is 0 Å². The molecule has 2 aromatic rings. The number of hydrogen-bond donors (Lipinski definition) is 1. The van der Waals surface area contributed by atoms with E-state index in [4.69, 9.17) is 14.2 Å². The molecule has 23 heavy (non-hydrogen) atoms. The lowest BCUT2D eigenvalue weighted by Gasteiger charge is -2.12. The molecule has 0 saturated heterocycles. The van der Waals surface area contributed by atoms with Crippen molar-refractivity contribution < 1.29 is 19.0 Å². The quantitative estimate of drug-likeness (QED) is 0.819. The van der Waals surface area contributed by atoms with E-state index in [9.17, 15) is 4.79 Å². The Kier molecular flexibility index (Phi) is 5.87. The summed E-state index contributed by atoms with van der Waals surface area (Å²) in [6.07, 6.45) is 0. The molecule has 0 aliphatic heterocycles. The van der Waals surface area contributed by atoms with E-state index >= 15 is 0 Å². The third-order valence-electron chi connectivity index (χ3n) is 3.15. The van der Waals surface area contributed by atoms with E-state index < -0.39 is 0 Å². The summed E-state index contributed by atoms with van der Waals surface area (Å²) >= 11 is 3.40. The van der Waals surface area contributed by atoms with Gasteiger partial charge in [-0.1, -0.05) is 0 Å². The fraction of sp³-hybridized carbons (Fsp3) is 0.235. The van der Waals surface area contributed by atoms with E-state index in [-0.39, 0.29) is 5.91 Å². The summed E-state index contributed by atoms with van der Waals surface area (Å²) in [6, 6.07) is 10.4. The number of hydrogen-bond acceptors (Lipinski definition) is 4. The Bertz CT molecular complexity index is 703. The van der Waals surface area contributed by atoms with Crippen molar-refractivity contribution in [1.82, 2.24) is 0 Å². The predicted octanol–water partition coefficient (Wildman–Crippen LogP) is 4.12.